The summed E-state index contributed by atoms with van der Waals surface area (Å²) in [6.07, 6.45) is 2.92. The van der Waals surface area contributed by atoms with Crippen molar-refractivity contribution in [2.24, 2.45) is 0 Å². The van der Waals surface area contributed by atoms with Crippen molar-refractivity contribution in [3.63, 3.8) is 0 Å². The van der Waals surface area contributed by atoms with Crippen molar-refractivity contribution in [3.05, 3.63) is 77.6 Å². The molecule has 1 N–H and O–H groups in total. The minimum atomic E-state index is -3.85. The molecular weight excluding hydrogens is 400 g/mol. The fourth-order valence-corrected chi connectivity index (χ4v) is 4.04. The SMILES string of the molecule is Cc1c(Cl)cccc1S(=O)(=O)Nc1cnccc1OCCOc1ccccc1. The molecule has 0 amide bonds. The molecule has 28 heavy (non-hydrogen) atoms. The van der Waals surface area contributed by atoms with Crippen LogP contribution in [0.1, 0.15) is 5.56 Å². The van der Waals surface area contributed by atoms with E-state index in [2.05, 4.69) is 9.71 Å². The molecule has 2 aromatic carbocycles. The lowest BCUT2D eigenvalue weighted by Gasteiger charge is -2.15. The van der Waals surface area contributed by atoms with Crippen molar-refractivity contribution in [2.75, 3.05) is 17.9 Å². The van der Waals surface area contributed by atoms with Gasteiger partial charge in [0.1, 0.15) is 30.4 Å². The van der Waals surface area contributed by atoms with Crippen LogP contribution in [0.2, 0.25) is 5.02 Å². The lowest BCUT2D eigenvalue weighted by atomic mass is 10.2. The van der Waals surface area contributed by atoms with Crippen molar-refractivity contribution >= 4 is 27.3 Å². The van der Waals surface area contributed by atoms with E-state index in [4.69, 9.17) is 21.1 Å². The summed E-state index contributed by atoms with van der Waals surface area (Å²) < 4.78 is 39.3. The standard InChI is InChI=1S/C20H19ClN2O4S/c1-15-17(21)8-5-9-20(15)28(24,25)23-18-14-22-11-10-19(18)27-13-12-26-16-6-3-2-4-7-16/h2-11,14,23H,12-13H2,1H3. The number of benzene rings is 2. The van der Waals surface area contributed by atoms with Crippen LogP contribution in [0, 0.1) is 6.92 Å². The molecule has 1 aromatic heterocycles. The van der Waals surface area contributed by atoms with E-state index in [9.17, 15) is 8.42 Å². The number of aromatic nitrogens is 1. The second-order valence-electron chi connectivity index (χ2n) is 5.85. The van der Waals surface area contributed by atoms with Crippen LogP contribution in [0.15, 0.2) is 71.9 Å². The highest BCUT2D eigenvalue weighted by Crippen LogP contribution is 2.28. The Bertz CT molecular complexity index is 1040. The van der Waals surface area contributed by atoms with Gasteiger partial charge in [-0.05, 0) is 36.8 Å². The lowest BCUT2D eigenvalue weighted by molar-refractivity contribution is 0.218. The Hall–Kier alpha value is -2.77. The van der Waals surface area contributed by atoms with E-state index in [1.807, 2.05) is 30.3 Å². The van der Waals surface area contributed by atoms with Crippen molar-refractivity contribution in [1.82, 2.24) is 4.98 Å². The summed E-state index contributed by atoms with van der Waals surface area (Å²) >= 11 is 6.05. The zero-order valence-corrected chi connectivity index (χ0v) is 16.7. The van der Waals surface area contributed by atoms with Crippen LogP contribution in [0.5, 0.6) is 11.5 Å². The van der Waals surface area contributed by atoms with Crippen molar-refractivity contribution in [3.8, 4) is 11.5 Å². The van der Waals surface area contributed by atoms with Crippen LogP contribution < -0.4 is 14.2 Å². The van der Waals surface area contributed by atoms with Crippen molar-refractivity contribution in [1.29, 1.82) is 0 Å². The number of sulfonamides is 1. The van der Waals surface area contributed by atoms with E-state index >= 15 is 0 Å². The Morgan fingerprint density at radius 1 is 1.00 bits per heavy atom. The molecule has 0 saturated heterocycles. The average molecular weight is 419 g/mol. The summed E-state index contributed by atoms with van der Waals surface area (Å²) in [6.45, 7) is 2.20. The monoisotopic (exact) mass is 418 g/mol. The first-order valence-electron chi connectivity index (χ1n) is 8.50. The maximum Gasteiger partial charge on any atom is 0.262 e. The molecule has 0 fully saturated rings. The second-order valence-corrected chi connectivity index (χ2v) is 7.91. The Kier molecular flexibility index (Phi) is 6.38. The fourth-order valence-electron chi connectivity index (χ4n) is 2.49. The average Bonchev–Trinajstić information content (AvgIpc) is 2.69. The number of halogens is 1. The minimum Gasteiger partial charge on any atom is -0.490 e. The molecule has 0 saturated carbocycles. The number of hydrogen-bond donors (Lipinski definition) is 1. The molecule has 0 aliphatic rings. The highest BCUT2D eigenvalue weighted by molar-refractivity contribution is 7.92. The van der Waals surface area contributed by atoms with Gasteiger partial charge >= 0.3 is 0 Å². The number of ether oxygens (including phenoxy) is 2. The molecule has 0 aliphatic carbocycles. The lowest BCUT2D eigenvalue weighted by Crippen LogP contribution is -2.16. The molecule has 8 heteroatoms. The number of hydrogen-bond acceptors (Lipinski definition) is 5. The quantitative estimate of drug-likeness (QED) is 0.552. The Morgan fingerprint density at radius 2 is 1.75 bits per heavy atom. The summed E-state index contributed by atoms with van der Waals surface area (Å²) in [6, 6.07) is 15.7. The molecule has 3 aromatic rings. The first kappa shape index (κ1) is 20.0. The molecule has 0 unspecified atom stereocenters. The van der Waals surface area contributed by atoms with E-state index in [0.29, 0.717) is 22.9 Å². The van der Waals surface area contributed by atoms with Gasteiger partial charge in [-0.15, -0.1) is 0 Å². The number of nitrogens with one attached hydrogen (secondary N) is 1. The van der Waals surface area contributed by atoms with Gasteiger partial charge in [-0.25, -0.2) is 8.42 Å². The third-order valence-corrected chi connectivity index (χ3v) is 5.81. The molecule has 0 radical (unpaired) electrons. The number of para-hydroxylation sites is 1. The summed E-state index contributed by atoms with van der Waals surface area (Å²) in [4.78, 5) is 4.07. The molecule has 146 valence electrons. The molecule has 0 atom stereocenters. The Balaban J connectivity index is 1.69. The first-order valence-corrected chi connectivity index (χ1v) is 10.4. The van der Waals surface area contributed by atoms with Crippen molar-refractivity contribution < 1.29 is 17.9 Å². The van der Waals surface area contributed by atoms with Gasteiger partial charge in [-0.1, -0.05) is 35.9 Å². The van der Waals surface area contributed by atoms with Gasteiger partial charge in [-0.2, -0.15) is 0 Å². The van der Waals surface area contributed by atoms with Gasteiger partial charge in [0.05, 0.1) is 11.1 Å². The highest BCUT2D eigenvalue weighted by atomic mass is 35.5. The molecule has 0 aliphatic heterocycles. The number of rotatable bonds is 8. The van der Waals surface area contributed by atoms with Crippen LogP contribution in [0.25, 0.3) is 0 Å². The van der Waals surface area contributed by atoms with E-state index < -0.39 is 10.0 Å². The fraction of sp³-hybridized carbons (Fsp3) is 0.150. The van der Waals surface area contributed by atoms with E-state index in [1.54, 1.807) is 25.1 Å². The molecular formula is C20H19ClN2O4S. The summed E-state index contributed by atoms with van der Waals surface area (Å²) in [5.74, 6) is 1.09. The van der Waals surface area contributed by atoms with Crippen LogP contribution in [-0.2, 0) is 10.0 Å². The van der Waals surface area contributed by atoms with E-state index in [-0.39, 0.29) is 17.2 Å². The number of pyridine rings is 1. The highest BCUT2D eigenvalue weighted by Gasteiger charge is 2.20. The van der Waals surface area contributed by atoms with Crippen LogP contribution >= 0.6 is 11.6 Å². The third-order valence-electron chi connectivity index (χ3n) is 3.89. The maximum absolute atomic E-state index is 12.8. The summed E-state index contributed by atoms with van der Waals surface area (Å²) in [7, 11) is -3.85. The van der Waals surface area contributed by atoms with Gasteiger partial charge < -0.3 is 9.47 Å². The smallest absolute Gasteiger partial charge is 0.262 e. The summed E-state index contributed by atoms with van der Waals surface area (Å²) in [5, 5.41) is 0.378. The van der Waals surface area contributed by atoms with Crippen LogP contribution in [0.4, 0.5) is 5.69 Å². The number of nitrogens with zero attached hydrogens (tertiary/aromatic N) is 1. The maximum atomic E-state index is 12.8. The van der Waals surface area contributed by atoms with Gasteiger partial charge in [0.2, 0.25) is 0 Å². The van der Waals surface area contributed by atoms with Gasteiger partial charge in [-0.3, -0.25) is 9.71 Å². The zero-order valence-electron chi connectivity index (χ0n) is 15.1. The zero-order chi connectivity index (χ0) is 20.0. The summed E-state index contributed by atoms with van der Waals surface area (Å²) in [5.41, 5.74) is 0.709. The van der Waals surface area contributed by atoms with Crippen LogP contribution in [-0.4, -0.2) is 26.6 Å². The van der Waals surface area contributed by atoms with E-state index in [0.717, 1.165) is 5.75 Å². The van der Waals surface area contributed by atoms with Gasteiger partial charge in [0.15, 0.2) is 0 Å². The molecule has 0 bridgehead atoms. The molecule has 3 rings (SSSR count). The van der Waals surface area contributed by atoms with E-state index in [1.165, 1.54) is 18.5 Å². The van der Waals surface area contributed by atoms with Crippen LogP contribution in [0.3, 0.4) is 0 Å². The minimum absolute atomic E-state index is 0.0993. The normalized spacial score (nSPS) is 11.1. The Labute approximate surface area is 169 Å². The molecule has 1 heterocycles. The van der Waals surface area contributed by atoms with Gasteiger partial charge in [0, 0.05) is 17.3 Å². The molecule has 6 nitrogen and oxygen atoms in total. The number of anilines is 1. The van der Waals surface area contributed by atoms with Gasteiger partial charge in [0.25, 0.3) is 10.0 Å². The van der Waals surface area contributed by atoms with Crippen molar-refractivity contribution in [2.45, 2.75) is 11.8 Å². The third kappa shape index (κ3) is 4.94. The predicted octanol–water partition coefficient (Wildman–Crippen LogP) is 4.30. The Morgan fingerprint density at radius 3 is 2.54 bits per heavy atom. The topological polar surface area (TPSA) is 77.5 Å². The second kappa shape index (κ2) is 8.95. The largest absolute Gasteiger partial charge is 0.490 e. The predicted molar refractivity (Wildman–Crippen MR) is 109 cm³/mol. The molecule has 0 spiro atoms. The first-order chi connectivity index (χ1) is 13.5.